The Kier molecular flexibility index (Phi) is 4.55. The second-order valence-electron chi connectivity index (χ2n) is 5.49. The molecule has 2 nitrogen and oxygen atoms in total. The normalized spacial score (nSPS) is 27.4. The first kappa shape index (κ1) is 12.6. The van der Waals surface area contributed by atoms with Gasteiger partial charge in [-0.2, -0.15) is 0 Å². The molecular weight excluding hydrogens is 208 g/mol. The van der Waals surface area contributed by atoms with Gasteiger partial charge in [0, 0.05) is 24.5 Å². The van der Waals surface area contributed by atoms with Crippen molar-refractivity contribution in [1.82, 2.24) is 10.3 Å². The average molecular weight is 232 g/mol. The quantitative estimate of drug-likeness (QED) is 0.804. The summed E-state index contributed by atoms with van der Waals surface area (Å²) in [7, 11) is 0. The van der Waals surface area contributed by atoms with E-state index < -0.39 is 0 Å². The maximum atomic E-state index is 4.19. The Morgan fingerprint density at radius 1 is 1.29 bits per heavy atom. The molecule has 0 bridgehead atoms. The van der Waals surface area contributed by atoms with Gasteiger partial charge in [0.15, 0.2) is 0 Å². The molecule has 1 aliphatic rings. The van der Waals surface area contributed by atoms with Gasteiger partial charge in [0.05, 0.1) is 0 Å². The Balaban J connectivity index is 1.88. The number of nitrogens with one attached hydrogen (secondary N) is 1. The monoisotopic (exact) mass is 232 g/mol. The molecule has 2 heteroatoms. The molecule has 1 fully saturated rings. The molecule has 0 radical (unpaired) electrons. The summed E-state index contributed by atoms with van der Waals surface area (Å²) >= 11 is 0. The molecule has 1 aromatic rings. The van der Waals surface area contributed by atoms with E-state index in [9.17, 15) is 0 Å². The molecule has 1 aliphatic carbocycles. The molecule has 94 valence electrons. The van der Waals surface area contributed by atoms with Crippen LogP contribution in [0.3, 0.4) is 0 Å². The maximum Gasteiger partial charge on any atom is 0.0315 e. The van der Waals surface area contributed by atoms with Crippen LogP contribution >= 0.6 is 0 Å². The molecule has 0 saturated heterocycles. The van der Waals surface area contributed by atoms with Gasteiger partial charge in [-0.05, 0) is 43.7 Å². The van der Waals surface area contributed by atoms with E-state index in [4.69, 9.17) is 0 Å². The predicted octanol–water partition coefficient (Wildman–Crippen LogP) is 3.70. The standard InChI is InChI=1S/C15H24N2/c1-12-5-3-7-15(9-8-12)17-13(2)14-6-4-10-16-11-14/h4,6,10-13,15,17H,3,5,7-9H2,1-2H3. The fourth-order valence-electron chi connectivity index (χ4n) is 2.74. The van der Waals surface area contributed by atoms with E-state index in [1.165, 1.54) is 37.7 Å². The van der Waals surface area contributed by atoms with Crippen LogP contribution in [-0.4, -0.2) is 11.0 Å². The van der Waals surface area contributed by atoms with Gasteiger partial charge in [-0.15, -0.1) is 0 Å². The van der Waals surface area contributed by atoms with E-state index >= 15 is 0 Å². The van der Waals surface area contributed by atoms with E-state index in [1.807, 2.05) is 18.5 Å². The largest absolute Gasteiger partial charge is 0.307 e. The highest BCUT2D eigenvalue weighted by Crippen LogP contribution is 2.24. The van der Waals surface area contributed by atoms with E-state index in [0.717, 1.165) is 5.92 Å². The number of hydrogen-bond donors (Lipinski definition) is 1. The van der Waals surface area contributed by atoms with Crippen molar-refractivity contribution in [2.24, 2.45) is 5.92 Å². The van der Waals surface area contributed by atoms with Crippen LogP contribution in [0.2, 0.25) is 0 Å². The fraction of sp³-hybridized carbons (Fsp3) is 0.667. The Bertz CT molecular complexity index is 323. The van der Waals surface area contributed by atoms with Gasteiger partial charge in [-0.3, -0.25) is 4.98 Å². The maximum absolute atomic E-state index is 4.19. The SMILES string of the molecule is CC1CCCC(NC(C)c2cccnc2)CC1. The summed E-state index contributed by atoms with van der Waals surface area (Å²) in [5, 5.41) is 3.76. The third-order valence-electron chi connectivity index (χ3n) is 3.93. The summed E-state index contributed by atoms with van der Waals surface area (Å²) in [6.07, 6.45) is 10.6. The number of rotatable bonds is 3. The summed E-state index contributed by atoms with van der Waals surface area (Å²) in [6, 6.07) is 5.28. The molecule has 1 heterocycles. The van der Waals surface area contributed by atoms with Gasteiger partial charge in [-0.25, -0.2) is 0 Å². The first-order chi connectivity index (χ1) is 8.25. The average Bonchev–Trinajstić information content (AvgIpc) is 2.56. The number of nitrogens with zero attached hydrogens (tertiary/aromatic N) is 1. The lowest BCUT2D eigenvalue weighted by Crippen LogP contribution is -2.31. The van der Waals surface area contributed by atoms with E-state index in [0.29, 0.717) is 12.1 Å². The minimum atomic E-state index is 0.419. The molecule has 0 spiro atoms. The minimum Gasteiger partial charge on any atom is -0.307 e. The van der Waals surface area contributed by atoms with Crippen molar-refractivity contribution < 1.29 is 0 Å². The second-order valence-corrected chi connectivity index (χ2v) is 5.49. The van der Waals surface area contributed by atoms with Crippen molar-refractivity contribution in [3.8, 4) is 0 Å². The van der Waals surface area contributed by atoms with Crippen molar-refractivity contribution in [2.45, 2.75) is 58.0 Å². The van der Waals surface area contributed by atoms with E-state index in [-0.39, 0.29) is 0 Å². The summed E-state index contributed by atoms with van der Waals surface area (Å²) in [5.41, 5.74) is 1.30. The van der Waals surface area contributed by atoms with Gasteiger partial charge < -0.3 is 5.32 Å². The molecule has 1 saturated carbocycles. The lowest BCUT2D eigenvalue weighted by molar-refractivity contribution is 0.407. The van der Waals surface area contributed by atoms with Gasteiger partial charge in [0.1, 0.15) is 0 Å². The van der Waals surface area contributed by atoms with Crippen LogP contribution in [0.15, 0.2) is 24.5 Å². The third kappa shape index (κ3) is 3.81. The lowest BCUT2D eigenvalue weighted by Gasteiger charge is -2.22. The van der Waals surface area contributed by atoms with Gasteiger partial charge in [0.2, 0.25) is 0 Å². The molecule has 0 aliphatic heterocycles. The molecule has 0 amide bonds. The van der Waals surface area contributed by atoms with Crippen LogP contribution in [0.5, 0.6) is 0 Å². The van der Waals surface area contributed by atoms with Crippen molar-refractivity contribution in [2.75, 3.05) is 0 Å². The number of aromatic nitrogens is 1. The molecule has 17 heavy (non-hydrogen) atoms. The van der Waals surface area contributed by atoms with Crippen molar-refractivity contribution >= 4 is 0 Å². The third-order valence-corrected chi connectivity index (χ3v) is 3.93. The highest BCUT2D eigenvalue weighted by atomic mass is 14.9. The zero-order chi connectivity index (χ0) is 12.1. The van der Waals surface area contributed by atoms with Gasteiger partial charge in [-0.1, -0.05) is 25.8 Å². The van der Waals surface area contributed by atoms with Crippen LogP contribution in [0.1, 0.15) is 57.6 Å². The first-order valence-corrected chi connectivity index (χ1v) is 6.91. The summed E-state index contributed by atoms with van der Waals surface area (Å²) in [5.74, 6) is 0.912. The zero-order valence-corrected chi connectivity index (χ0v) is 11.0. The van der Waals surface area contributed by atoms with Crippen LogP contribution in [0, 0.1) is 5.92 Å². The molecule has 1 N–H and O–H groups in total. The highest BCUT2D eigenvalue weighted by molar-refractivity contribution is 5.12. The van der Waals surface area contributed by atoms with Crippen molar-refractivity contribution in [3.63, 3.8) is 0 Å². The molecular formula is C15H24N2. The molecule has 2 rings (SSSR count). The highest BCUT2D eigenvalue weighted by Gasteiger charge is 2.18. The topological polar surface area (TPSA) is 24.9 Å². The van der Waals surface area contributed by atoms with Crippen molar-refractivity contribution in [3.05, 3.63) is 30.1 Å². The van der Waals surface area contributed by atoms with Crippen LogP contribution in [0.25, 0.3) is 0 Å². The summed E-state index contributed by atoms with van der Waals surface area (Å²) in [6.45, 7) is 4.62. The molecule has 3 unspecified atom stereocenters. The minimum absolute atomic E-state index is 0.419. The van der Waals surface area contributed by atoms with Crippen LogP contribution < -0.4 is 5.32 Å². The van der Waals surface area contributed by atoms with Crippen LogP contribution in [-0.2, 0) is 0 Å². The molecule has 3 atom stereocenters. The second kappa shape index (κ2) is 6.15. The summed E-state index contributed by atoms with van der Waals surface area (Å²) in [4.78, 5) is 4.19. The van der Waals surface area contributed by atoms with Crippen LogP contribution in [0.4, 0.5) is 0 Å². The lowest BCUT2D eigenvalue weighted by atomic mass is 10.0. The van der Waals surface area contributed by atoms with Gasteiger partial charge >= 0.3 is 0 Å². The number of pyridine rings is 1. The fourth-order valence-corrected chi connectivity index (χ4v) is 2.74. The Labute approximate surface area is 105 Å². The zero-order valence-electron chi connectivity index (χ0n) is 11.0. The van der Waals surface area contributed by atoms with E-state index in [2.05, 4.69) is 30.2 Å². The van der Waals surface area contributed by atoms with E-state index in [1.54, 1.807) is 0 Å². The Morgan fingerprint density at radius 3 is 2.94 bits per heavy atom. The molecule has 0 aromatic carbocycles. The van der Waals surface area contributed by atoms with Crippen molar-refractivity contribution in [1.29, 1.82) is 0 Å². The van der Waals surface area contributed by atoms with Gasteiger partial charge in [0.25, 0.3) is 0 Å². The predicted molar refractivity (Wildman–Crippen MR) is 71.8 cm³/mol. The smallest absolute Gasteiger partial charge is 0.0315 e. The Hall–Kier alpha value is -0.890. The molecule has 1 aromatic heterocycles. The number of hydrogen-bond acceptors (Lipinski definition) is 2. The first-order valence-electron chi connectivity index (χ1n) is 6.91. The Morgan fingerprint density at radius 2 is 2.18 bits per heavy atom. The summed E-state index contributed by atoms with van der Waals surface area (Å²) < 4.78 is 0.